The van der Waals surface area contributed by atoms with Crippen molar-refractivity contribution in [1.82, 2.24) is 0 Å². The van der Waals surface area contributed by atoms with E-state index in [1.165, 1.54) is 51.4 Å². The van der Waals surface area contributed by atoms with Crippen molar-refractivity contribution in [1.29, 1.82) is 0 Å². The van der Waals surface area contributed by atoms with Crippen LogP contribution >= 0.6 is 0 Å². The first-order valence-electron chi connectivity index (χ1n) is 6.58. The van der Waals surface area contributed by atoms with Crippen molar-refractivity contribution in [2.75, 3.05) is 7.11 Å². The molecule has 2 heteroatoms. The van der Waals surface area contributed by atoms with Crippen molar-refractivity contribution < 1.29 is 4.74 Å². The van der Waals surface area contributed by atoms with E-state index in [-0.39, 0.29) is 0 Å². The Morgan fingerprint density at radius 3 is 1.73 bits per heavy atom. The average molecular weight is 211 g/mol. The summed E-state index contributed by atoms with van der Waals surface area (Å²) < 4.78 is 5.42. The van der Waals surface area contributed by atoms with E-state index in [0.29, 0.717) is 12.1 Å². The van der Waals surface area contributed by atoms with Crippen LogP contribution in [0.1, 0.15) is 51.4 Å². The lowest BCUT2D eigenvalue weighted by Crippen LogP contribution is -2.32. The number of nitrogens with two attached hydrogens (primary N) is 1. The van der Waals surface area contributed by atoms with E-state index >= 15 is 0 Å². The molecule has 0 aromatic rings. The number of methoxy groups -OCH3 is 1. The first-order chi connectivity index (χ1) is 7.29. The highest BCUT2D eigenvalue weighted by molar-refractivity contribution is 4.82. The maximum atomic E-state index is 5.95. The number of hydrogen-bond donors (Lipinski definition) is 1. The molecule has 2 aliphatic rings. The van der Waals surface area contributed by atoms with E-state index in [1.807, 2.05) is 7.11 Å². The zero-order valence-corrected chi connectivity index (χ0v) is 9.95. The molecule has 0 aromatic heterocycles. The molecule has 2 N–H and O–H groups in total. The molecule has 0 bridgehead atoms. The Bertz CT molecular complexity index is 179. The second-order valence-corrected chi connectivity index (χ2v) is 5.45. The first kappa shape index (κ1) is 11.4. The predicted molar refractivity (Wildman–Crippen MR) is 62.7 cm³/mol. The molecule has 2 saturated carbocycles. The fraction of sp³-hybridized carbons (Fsp3) is 1.00. The molecule has 2 fully saturated rings. The normalized spacial score (nSPS) is 42.8. The molecule has 0 amide bonds. The van der Waals surface area contributed by atoms with Gasteiger partial charge in [0.15, 0.2) is 0 Å². The molecule has 2 nitrogen and oxygen atoms in total. The molecular formula is C13H25NO. The van der Waals surface area contributed by atoms with Crippen LogP contribution in [0.15, 0.2) is 0 Å². The zero-order valence-electron chi connectivity index (χ0n) is 9.95. The van der Waals surface area contributed by atoms with Crippen molar-refractivity contribution in [2.45, 2.75) is 63.5 Å². The molecule has 0 aromatic carbocycles. The van der Waals surface area contributed by atoms with Gasteiger partial charge < -0.3 is 10.5 Å². The largest absolute Gasteiger partial charge is 0.381 e. The van der Waals surface area contributed by atoms with Crippen LogP contribution in [0.25, 0.3) is 0 Å². The van der Waals surface area contributed by atoms with Gasteiger partial charge in [0.2, 0.25) is 0 Å². The zero-order chi connectivity index (χ0) is 10.7. The SMILES string of the molecule is COC1CCC(C2CCC(N)CC2)CC1. The third-order valence-corrected chi connectivity index (χ3v) is 4.54. The summed E-state index contributed by atoms with van der Waals surface area (Å²) in [6.07, 6.45) is 11.2. The number of rotatable bonds is 2. The maximum absolute atomic E-state index is 5.95. The first-order valence-corrected chi connectivity index (χ1v) is 6.58. The summed E-state index contributed by atoms with van der Waals surface area (Å²) in [6, 6.07) is 0.497. The molecule has 0 spiro atoms. The lowest BCUT2D eigenvalue weighted by Gasteiger charge is -2.36. The molecule has 15 heavy (non-hydrogen) atoms. The molecule has 0 saturated heterocycles. The van der Waals surface area contributed by atoms with Gasteiger partial charge in [0.05, 0.1) is 6.10 Å². The number of hydrogen-bond acceptors (Lipinski definition) is 2. The minimum absolute atomic E-state index is 0.497. The molecular weight excluding hydrogens is 186 g/mol. The van der Waals surface area contributed by atoms with Crippen LogP contribution in [0.5, 0.6) is 0 Å². The molecule has 0 unspecified atom stereocenters. The summed E-state index contributed by atoms with van der Waals surface area (Å²) in [6.45, 7) is 0. The molecule has 0 aliphatic heterocycles. The fourth-order valence-electron chi connectivity index (χ4n) is 3.41. The lowest BCUT2D eigenvalue weighted by molar-refractivity contribution is 0.0411. The third-order valence-electron chi connectivity index (χ3n) is 4.54. The monoisotopic (exact) mass is 211 g/mol. The minimum atomic E-state index is 0.497. The van der Waals surface area contributed by atoms with Gasteiger partial charge >= 0.3 is 0 Å². The minimum Gasteiger partial charge on any atom is -0.381 e. The van der Waals surface area contributed by atoms with Gasteiger partial charge in [-0.25, -0.2) is 0 Å². The summed E-state index contributed by atoms with van der Waals surface area (Å²) in [4.78, 5) is 0. The van der Waals surface area contributed by atoms with Crippen molar-refractivity contribution in [3.05, 3.63) is 0 Å². The summed E-state index contributed by atoms with van der Waals surface area (Å²) in [5.41, 5.74) is 5.95. The highest BCUT2D eigenvalue weighted by Crippen LogP contribution is 2.38. The van der Waals surface area contributed by atoms with Crippen LogP contribution in [0, 0.1) is 11.8 Å². The van der Waals surface area contributed by atoms with E-state index in [4.69, 9.17) is 10.5 Å². The van der Waals surface area contributed by atoms with Crippen LogP contribution in [0.3, 0.4) is 0 Å². The van der Waals surface area contributed by atoms with Gasteiger partial charge in [-0.2, -0.15) is 0 Å². The summed E-state index contributed by atoms with van der Waals surface area (Å²) >= 11 is 0. The smallest absolute Gasteiger partial charge is 0.0571 e. The molecule has 88 valence electrons. The van der Waals surface area contributed by atoms with E-state index in [2.05, 4.69) is 0 Å². The van der Waals surface area contributed by atoms with Gasteiger partial charge in [0, 0.05) is 13.2 Å². The highest BCUT2D eigenvalue weighted by atomic mass is 16.5. The van der Waals surface area contributed by atoms with Crippen LogP contribution in [0.4, 0.5) is 0 Å². The van der Waals surface area contributed by atoms with Crippen LogP contribution < -0.4 is 5.73 Å². The molecule has 0 radical (unpaired) electrons. The molecule has 0 atom stereocenters. The maximum Gasteiger partial charge on any atom is 0.0571 e. The summed E-state index contributed by atoms with van der Waals surface area (Å²) in [7, 11) is 1.85. The number of ether oxygens (including phenoxy) is 1. The Labute approximate surface area is 93.6 Å². The summed E-state index contributed by atoms with van der Waals surface area (Å²) in [5, 5.41) is 0. The fourth-order valence-corrected chi connectivity index (χ4v) is 3.41. The van der Waals surface area contributed by atoms with Crippen LogP contribution in [-0.4, -0.2) is 19.3 Å². The van der Waals surface area contributed by atoms with E-state index in [0.717, 1.165) is 11.8 Å². The van der Waals surface area contributed by atoms with Crippen molar-refractivity contribution in [3.8, 4) is 0 Å². The Balaban J connectivity index is 1.75. The molecule has 0 heterocycles. The van der Waals surface area contributed by atoms with E-state index in [1.54, 1.807) is 0 Å². The van der Waals surface area contributed by atoms with Crippen molar-refractivity contribution in [3.63, 3.8) is 0 Å². The van der Waals surface area contributed by atoms with Crippen LogP contribution in [-0.2, 0) is 4.74 Å². The second kappa shape index (κ2) is 5.31. The molecule has 2 aliphatic carbocycles. The van der Waals surface area contributed by atoms with Gasteiger partial charge in [0.1, 0.15) is 0 Å². The average Bonchev–Trinajstić information content (AvgIpc) is 2.30. The lowest BCUT2D eigenvalue weighted by atomic mass is 9.72. The Morgan fingerprint density at radius 1 is 0.800 bits per heavy atom. The second-order valence-electron chi connectivity index (χ2n) is 5.45. The van der Waals surface area contributed by atoms with Crippen LogP contribution in [0.2, 0.25) is 0 Å². The van der Waals surface area contributed by atoms with Crippen molar-refractivity contribution in [2.24, 2.45) is 17.6 Å². The van der Waals surface area contributed by atoms with Gasteiger partial charge in [-0.05, 0) is 63.2 Å². The Morgan fingerprint density at radius 2 is 1.27 bits per heavy atom. The Hall–Kier alpha value is -0.0800. The van der Waals surface area contributed by atoms with Gasteiger partial charge in [-0.3, -0.25) is 0 Å². The van der Waals surface area contributed by atoms with Gasteiger partial charge in [-0.15, -0.1) is 0 Å². The topological polar surface area (TPSA) is 35.2 Å². The van der Waals surface area contributed by atoms with Gasteiger partial charge in [0.25, 0.3) is 0 Å². The van der Waals surface area contributed by atoms with Gasteiger partial charge in [-0.1, -0.05) is 0 Å². The summed E-state index contributed by atoms with van der Waals surface area (Å²) in [5.74, 6) is 1.95. The predicted octanol–water partition coefficient (Wildman–Crippen LogP) is 2.71. The van der Waals surface area contributed by atoms with E-state index < -0.39 is 0 Å². The quantitative estimate of drug-likeness (QED) is 0.762. The van der Waals surface area contributed by atoms with Crippen molar-refractivity contribution >= 4 is 0 Å². The standard InChI is InChI=1S/C13H25NO/c1-15-13-8-4-11(5-9-13)10-2-6-12(14)7-3-10/h10-13H,2-9,14H2,1H3. The third kappa shape index (κ3) is 2.94. The van der Waals surface area contributed by atoms with E-state index in [9.17, 15) is 0 Å². The highest BCUT2D eigenvalue weighted by Gasteiger charge is 2.29. The Kier molecular flexibility index (Phi) is 4.04. The molecule has 2 rings (SSSR count).